The Balaban J connectivity index is 1.78. The van der Waals surface area contributed by atoms with Gasteiger partial charge in [0.2, 0.25) is 0 Å². The molecule has 178 valence electrons. The van der Waals surface area contributed by atoms with Crippen molar-refractivity contribution in [3.63, 3.8) is 0 Å². The van der Waals surface area contributed by atoms with Gasteiger partial charge in [-0.05, 0) is 54.3 Å². The Morgan fingerprint density at radius 2 is 1.44 bits per heavy atom. The molecular formula is C32H28N2O2. The first kappa shape index (κ1) is 21.1. The quantitative estimate of drug-likeness (QED) is 0.273. The fourth-order valence-electron chi connectivity index (χ4n) is 6.49. The van der Waals surface area contributed by atoms with Gasteiger partial charge < -0.3 is 19.3 Å². The lowest BCUT2D eigenvalue weighted by Gasteiger charge is -2.22. The molecule has 0 saturated heterocycles. The lowest BCUT2D eigenvalue weighted by molar-refractivity contribution is 0.389. The number of para-hydroxylation sites is 2. The van der Waals surface area contributed by atoms with Crippen LogP contribution in [0, 0.1) is 0 Å². The summed E-state index contributed by atoms with van der Waals surface area (Å²) in [6.45, 7) is 0. The molecule has 7 rings (SSSR count). The van der Waals surface area contributed by atoms with E-state index in [1.165, 1.54) is 60.3 Å². The Morgan fingerprint density at radius 3 is 2.08 bits per heavy atom. The number of nitrogens with zero attached hydrogens (tertiary/aromatic N) is 2. The molecule has 2 aromatic heterocycles. The molecule has 0 spiro atoms. The van der Waals surface area contributed by atoms with Crippen LogP contribution in [-0.4, -0.2) is 19.3 Å². The van der Waals surface area contributed by atoms with Crippen molar-refractivity contribution in [2.24, 2.45) is 14.1 Å². The second-order valence-corrected chi connectivity index (χ2v) is 10.1. The standard InChI is InChI=1S/C32H28N2O2/c1-33-25-9-5-3-7-23(25)29-28(20-13-17-22(36)18-14-20)32-30(24-8-4-6-10-26(24)34(32)2)27(31(29)33)19-11-15-21(35)16-12-19/h3-11,13,15-17,19,35-36H,12,14,18H2,1-2H3. The molecule has 1 unspecified atom stereocenters. The molecule has 0 fully saturated rings. The van der Waals surface area contributed by atoms with Crippen LogP contribution in [0.5, 0.6) is 0 Å². The summed E-state index contributed by atoms with van der Waals surface area (Å²) in [5.74, 6) is 0.930. The van der Waals surface area contributed by atoms with E-state index in [1.54, 1.807) is 0 Å². The van der Waals surface area contributed by atoms with E-state index in [2.05, 4.69) is 83.9 Å². The monoisotopic (exact) mass is 472 g/mol. The summed E-state index contributed by atoms with van der Waals surface area (Å²) in [5.41, 5.74) is 8.75. The maximum absolute atomic E-state index is 10.2. The molecular weight excluding hydrogens is 444 g/mol. The smallest absolute Gasteiger partial charge is 0.111 e. The molecule has 2 N–H and O–H groups in total. The average Bonchev–Trinajstić information content (AvgIpc) is 3.37. The molecule has 2 heterocycles. The van der Waals surface area contributed by atoms with Gasteiger partial charge in [-0.2, -0.15) is 0 Å². The number of aromatic nitrogens is 2. The third-order valence-electron chi connectivity index (χ3n) is 8.12. The predicted molar refractivity (Wildman–Crippen MR) is 150 cm³/mol. The van der Waals surface area contributed by atoms with Crippen LogP contribution in [0.2, 0.25) is 0 Å². The molecule has 0 amide bonds. The highest BCUT2D eigenvalue weighted by Gasteiger charge is 2.29. The number of aliphatic hydroxyl groups is 2. The van der Waals surface area contributed by atoms with Gasteiger partial charge in [0.05, 0.1) is 16.8 Å². The maximum atomic E-state index is 10.2. The van der Waals surface area contributed by atoms with Crippen molar-refractivity contribution < 1.29 is 10.2 Å². The molecule has 2 aliphatic carbocycles. The van der Waals surface area contributed by atoms with Gasteiger partial charge in [-0.1, -0.05) is 48.6 Å². The van der Waals surface area contributed by atoms with Crippen LogP contribution < -0.4 is 0 Å². The second-order valence-electron chi connectivity index (χ2n) is 10.1. The first-order chi connectivity index (χ1) is 17.5. The van der Waals surface area contributed by atoms with Crippen LogP contribution in [0.4, 0.5) is 0 Å². The normalized spacial score (nSPS) is 18.3. The SMILES string of the molecule is Cn1c2ccccc2c2c(C3C=CC(O)=CC3)c3c(c(C4=CC=C(O)CC4)c21)c1ccccc1n3C. The van der Waals surface area contributed by atoms with E-state index in [9.17, 15) is 10.2 Å². The molecule has 1 atom stereocenters. The minimum absolute atomic E-state index is 0.151. The Hall–Kier alpha value is -4.18. The lowest BCUT2D eigenvalue weighted by atomic mass is 9.83. The number of allylic oxidation sites excluding steroid dienone is 7. The van der Waals surface area contributed by atoms with Crippen molar-refractivity contribution in [3.05, 3.63) is 102 Å². The van der Waals surface area contributed by atoms with E-state index < -0.39 is 0 Å². The van der Waals surface area contributed by atoms with Gasteiger partial charge >= 0.3 is 0 Å². The third-order valence-corrected chi connectivity index (χ3v) is 8.12. The highest BCUT2D eigenvalue weighted by molar-refractivity contribution is 6.25. The first-order valence-electron chi connectivity index (χ1n) is 12.6. The summed E-state index contributed by atoms with van der Waals surface area (Å²) in [5, 5.41) is 25.3. The molecule has 3 aromatic carbocycles. The van der Waals surface area contributed by atoms with E-state index in [0.717, 1.165) is 12.8 Å². The zero-order valence-corrected chi connectivity index (χ0v) is 20.5. The number of hydrogen-bond acceptors (Lipinski definition) is 2. The maximum Gasteiger partial charge on any atom is 0.111 e. The number of aliphatic hydroxyl groups excluding tert-OH is 2. The molecule has 36 heavy (non-hydrogen) atoms. The van der Waals surface area contributed by atoms with E-state index in [1.807, 2.05) is 18.2 Å². The van der Waals surface area contributed by atoms with Crippen molar-refractivity contribution in [2.45, 2.75) is 25.2 Å². The number of benzene rings is 3. The van der Waals surface area contributed by atoms with E-state index in [-0.39, 0.29) is 5.92 Å². The van der Waals surface area contributed by atoms with Crippen LogP contribution in [0.1, 0.15) is 36.3 Å². The summed E-state index contributed by atoms with van der Waals surface area (Å²) < 4.78 is 4.71. The third kappa shape index (κ3) is 2.81. The van der Waals surface area contributed by atoms with Crippen LogP contribution in [-0.2, 0) is 14.1 Å². The number of hydrogen-bond donors (Lipinski definition) is 2. The lowest BCUT2D eigenvalue weighted by Crippen LogP contribution is -2.06. The Bertz CT molecular complexity index is 1850. The molecule has 4 nitrogen and oxygen atoms in total. The zero-order valence-electron chi connectivity index (χ0n) is 20.5. The average molecular weight is 473 g/mol. The topological polar surface area (TPSA) is 50.3 Å². The first-order valence-corrected chi connectivity index (χ1v) is 12.6. The minimum atomic E-state index is 0.151. The van der Waals surface area contributed by atoms with Gasteiger partial charge in [-0.3, -0.25) is 0 Å². The largest absolute Gasteiger partial charge is 0.512 e. The van der Waals surface area contributed by atoms with Crippen LogP contribution >= 0.6 is 0 Å². The van der Waals surface area contributed by atoms with Crippen LogP contribution in [0.3, 0.4) is 0 Å². The van der Waals surface area contributed by atoms with Crippen molar-refractivity contribution in [3.8, 4) is 0 Å². The van der Waals surface area contributed by atoms with E-state index in [4.69, 9.17) is 0 Å². The molecule has 2 aliphatic rings. The fraction of sp³-hybridized carbons (Fsp3) is 0.188. The van der Waals surface area contributed by atoms with Gasteiger partial charge in [0.15, 0.2) is 0 Å². The molecule has 0 aliphatic heterocycles. The van der Waals surface area contributed by atoms with Crippen molar-refractivity contribution in [1.82, 2.24) is 9.13 Å². The second kappa shape index (κ2) is 7.66. The highest BCUT2D eigenvalue weighted by atomic mass is 16.3. The summed E-state index contributed by atoms with van der Waals surface area (Å²) in [6, 6.07) is 17.3. The van der Waals surface area contributed by atoms with Gasteiger partial charge in [0.25, 0.3) is 0 Å². The summed E-state index contributed by atoms with van der Waals surface area (Å²) in [7, 11) is 4.35. The molecule has 0 radical (unpaired) electrons. The Morgan fingerprint density at radius 1 is 0.778 bits per heavy atom. The minimum Gasteiger partial charge on any atom is -0.512 e. The van der Waals surface area contributed by atoms with Crippen molar-refractivity contribution >= 4 is 49.2 Å². The number of aryl methyl sites for hydroxylation is 2. The fourth-order valence-corrected chi connectivity index (χ4v) is 6.49. The molecule has 5 aromatic rings. The Labute approximate surface area is 209 Å². The predicted octanol–water partition coefficient (Wildman–Crippen LogP) is 8.08. The summed E-state index contributed by atoms with van der Waals surface area (Å²) in [6.07, 6.45) is 12.1. The van der Waals surface area contributed by atoms with Crippen LogP contribution in [0.25, 0.3) is 49.2 Å². The molecule has 0 bridgehead atoms. The zero-order chi connectivity index (χ0) is 24.6. The van der Waals surface area contributed by atoms with E-state index in [0.29, 0.717) is 17.9 Å². The summed E-state index contributed by atoms with van der Waals surface area (Å²) in [4.78, 5) is 0. The van der Waals surface area contributed by atoms with Gasteiger partial charge in [0.1, 0.15) is 5.76 Å². The molecule has 0 saturated carbocycles. The number of rotatable bonds is 2. The highest BCUT2D eigenvalue weighted by Crippen LogP contribution is 2.49. The van der Waals surface area contributed by atoms with Crippen molar-refractivity contribution in [1.29, 1.82) is 0 Å². The van der Waals surface area contributed by atoms with Gasteiger partial charge in [-0.25, -0.2) is 0 Å². The van der Waals surface area contributed by atoms with E-state index >= 15 is 0 Å². The molecule has 4 heteroatoms. The van der Waals surface area contributed by atoms with Gasteiger partial charge in [0, 0.05) is 64.6 Å². The van der Waals surface area contributed by atoms with Crippen molar-refractivity contribution in [2.75, 3.05) is 0 Å². The summed E-state index contributed by atoms with van der Waals surface area (Å²) >= 11 is 0. The van der Waals surface area contributed by atoms with Gasteiger partial charge in [-0.15, -0.1) is 0 Å². The number of fused-ring (bicyclic) bond motifs is 6. The van der Waals surface area contributed by atoms with Crippen LogP contribution in [0.15, 0.2) is 90.4 Å². The Kier molecular flexibility index (Phi) is 4.50.